The van der Waals surface area contributed by atoms with Gasteiger partial charge in [0, 0.05) is 5.57 Å². The molecule has 0 unspecified atom stereocenters. The number of nitrogens with zero attached hydrogens (tertiary/aromatic N) is 1. The van der Waals surface area contributed by atoms with Crippen molar-refractivity contribution in [3.05, 3.63) is 75.7 Å². The van der Waals surface area contributed by atoms with Crippen molar-refractivity contribution < 1.29 is 13.6 Å². The minimum atomic E-state index is -0.913. The third-order valence-corrected chi connectivity index (χ3v) is 4.56. The summed E-state index contributed by atoms with van der Waals surface area (Å²) in [6.07, 6.45) is 0. The van der Waals surface area contributed by atoms with E-state index in [0.29, 0.717) is 5.56 Å². The second kappa shape index (κ2) is 6.51. The summed E-state index contributed by atoms with van der Waals surface area (Å²) in [5.74, 6) is -2.33. The normalized spacial score (nSPS) is 15.9. The molecule has 1 heterocycles. The van der Waals surface area contributed by atoms with Crippen LogP contribution in [0.2, 0.25) is 0 Å². The van der Waals surface area contributed by atoms with E-state index in [2.05, 4.69) is 5.32 Å². The van der Waals surface area contributed by atoms with Crippen molar-refractivity contribution >= 4 is 39.8 Å². The fraction of sp³-hybridized carbons (Fsp3) is 0. The smallest absolute Gasteiger partial charge is 0.264 e. The van der Waals surface area contributed by atoms with Crippen LogP contribution in [0.1, 0.15) is 16.7 Å². The summed E-state index contributed by atoms with van der Waals surface area (Å²) >= 11 is 5.91. The molecule has 0 spiro atoms. The molecule has 7 heteroatoms. The van der Waals surface area contributed by atoms with Crippen LogP contribution in [0.4, 0.5) is 8.78 Å². The van der Waals surface area contributed by atoms with Gasteiger partial charge in [0.05, 0.1) is 22.1 Å². The van der Waals surface area contributed by atoms with Crippen molar-refractivity contribution in [3.8, 4) is 6.07 Å². The van der Waals surface area contributed by atoms with Gasteiger partial charge < -0.3 is 5.32 Å². The zero-order valence-corrected chi connectivity index (χ0v) is 13.6. The zero-order valence-electron chi connectivity index (χ0n) is 12.0. The minimum Gasteiger partial charge on any atom is -0.307 e. The van der Waals surface area contributed by atoms with Crippen LogP contribution < -0.4 is 5.32 Å². The van der Waals surface area contributed by atoms with E-state index in [0.717, 1.165) is 23.9 Å². The van der Waals surface area contributed by atoms with Crippen molar-refractivity contribution in [2.45, 2.75) is 0 Å². The van der Waals surface area contributed by atoms with Gasteiger partial charge in [-0.1, -0.05) is 54.3 Å². The topological polar surface area (TPSA) is 52.9 Å². The molecular weight excluding hydrogens is 350 g/mol. The first-order valence-corrected chi connectivity index (χ1v) is 7.96. The Balaban J connectivity index is 2.33. The standard InChI is InChI=1S/C17H8F2N2OS2/c18-11-6-9(8-20)7-12(19)14(11)13(10-4-2-1-3-5-10)15-16(22)21-17(23)24-15/h1-7H,(H,21,22,23)/b15-13-. The van der Waals surface area contributed by atoms with Gasteiger partial charge in [0.1, 0.15) is 16.0 Å². The summed E-state index contributed by atoms with van der Waals surface area (Å²) in [5, 5.41) is 11.3. The number of thiocarbonyl (C=S) groups is 1. The van der Waals surface area contributed by atoms with E-state index < -0.39 is 17.5 Å². The third kappa shape index (κ3) is 2.94. The second-order valence-electron chi connectivity index (χ2n) is 4.84. The number of carbonyl (C=O) groups excluding carboxylic acids is 1. The van der Waals surface area contributed by atoms with E-state index in [-0.39, 0.29) is 25.9 Å². The van der Waals surface area contributed by atoms with Crippen LogP contribution in [0.25, 0.3) is 5.57 Å². The molecule has 0 atom stereocenters. The van der Waals surface area contributed by atoms with E-state index >= 15 is 0 Å². The Hall–Kier alpha value is -2.56. The molecular formula is C17H8F2N2OS2. The Labute approximate surface area is 146 Å². The SMILES string of the molecule is N#Cc1cc(F)c(/C(=C2\SC(=S)NC2=O)c2ccccc2)c(F)c1. The van der Waals surface area contributed by atoms with Gasteiger partial charge in [-0.15, -0.1) is 0 Å². The van der Waals surface area contributed by atoms with Crippen molar-refractivity contribution in [2.24, 2.45) is 0 Å². The predicted octanol–water partition coefficient (Wildman–Crippen LogP) is 3.74. The average Bonchev–Trinajstić information content (AvgIpc) is 2.89. The van der Waals surface area contributed by atoms with Crippen molar-refractivity contribution in [2.75, 3.05) is 0 Å². The molecule has 3 nitrogen and oxygen atoms in total. The number of hydrogen-bond acceptors (Lipinski definition) is 4. The molecule has 0 aromatic heterocycles. The maximum Gasteiger partial charge on any atom is 0.264 e. The number of thioether (sulfide) groups is 1. The quantitative estimate of drug-likeness (QED) is 0.656. The number of halogens is 2. The van der Waals surface area contributed by atoms with Crippen LogP contribution in [0.5, 0.6) is 0 Å². The zero-order chi connectivity index (χ0) is 17.3. The van der Waals surface area contributed by atoms with Gasteiger partial charge in [0.2, 0.25) is 0 Å². The van der Waals surface area contributed by atoms with E-state index in [1.807, 2.05) is 0 Å². The number of nitriles is 1. The molecule has 3 rings (SSSR count). The fourth-order valence-electron chi connectivity index (χ4n) is 2.35. The van der Waals surface area contributed by atoms with Crippen LogP contribution in [0.15, 0.2) is 47.4 Å². The Morgan fingerprint density at radius 3 is 2.29 bits per heavy atom. The molecule has 0 saturated carbocycles. The number of hydrogen-bond donors (Lipinski definition) is 1. The second-order valence-corrected chi connectivity index (χ2v) is 6.53. The Kier molecular flexibility index (Phi) is 4.42. The Morgan fingerprint density at radius 1 is 1.17 bits per heavy atom. The third-order valence-electron chi connectivity index (χ3n) is 3.33. The summed E-state index contributed by atoms with van der Waals surface area (Å²) in [5.41, 5.74) is 0.0903. The molecule has 0 bridgehead atoms. The highest BCUT2D eigenvalue weighted by atomic mass is 32.2. The molecule has 2 aromatic rings. The Bertz CT molecular complexity index is 910. The lowest BCUT2D eigenvalue weighted by atomic mass is 9.95. The van der Waals surface area contributed by atoms with Crippen LogP contribution >= 0.6 is 24.0 Å². The molecule has 24 heavy (non-hydrogen) atoms. The molecule has 1 N–H and O–H groups in total. The first-order valence-electron chi connectivity index (χ1n) is 6.73. The van der Waals surface area contributed by atoms with Crippen LogP contribution in [-0.4, -0.2) is 10.2 Å². The molecule has 1 aliphatic heterocycles. The largest absolute Gasteiger partial charge is 0.307 e. The minimum absolute atomic E-state index is 0.109. The highest BCUT2D eigenvalue weighted by Gasteiger charge is 2.30. The summed E-state index contributed by atoms with van der Waals surface area (Å²) in [7, 11) is 0. The summed E-state index contributed by atoms with van der Waals surface area (Å²) in [4.78, 5) is 12.3. The van der Waals surface area contributed by atoms with Gasteiger partial charge in [-0.05, 0) is 17.7 Å². The number of carbonyl (C=O) groups is 1. The van der Waals surface area contributed by atoms with Crippen molar-refractivity contribution in [1.29, 1.82) is 5.26 Å². The number of rotatable bonds is 2. The molecule has 1 fully saturated rings. The molecule has 1 amide bonds. The molecule has 0 aliphatic carbocycles. The van der Waals surface area contributed by atoms with Gasteiger partial charge in [-0.2, -0.15) is 5.26 Å². The number of amides is 1. The average molecular weight is 358 g/mol. The predicted molar refractivity (Wildman–Crippen MR) is 91.9 cm³/mol. The first-order chi connectivity index (χ1) is 11.5. The molecule has 0 radical (unpaired) electrons. The maximum absolute atomic E-state index is 14.5. The molecule has 1 aliphatic rings. The van der Waals surface area contributed by atoms with Crippen LogP contribution in [0.3, 0.4) is 0 Å². The number of nitrogens with one attached hydrogen (secondary N) is 1. The van der Waals surface area contributed by atoms with Gasteiger partial charge in [0.15, 0.2) is 0 Å². The Morgan fingerprint density at radius 2 is 1.79 bits per heavy atom. The van der Waals surface area contributed by atoms with Crippen molar-refractivity contribution in [1.82, 2.24) is 5.32 Å². The van der Waals surface area contributed by atoms with Gasteiger partial charge in [-0.3, -0.25) is 4.79 Å². The van der Waals surface area contributed by atoms with Gasteiger partial charge in [0.25, 0.3) is 5.91 Å². The van der Waals surface area contributed by atoms with Crippen LogP contribution in [0, 0.1) is 23.0 Å². The molecule has 2 aromatic carbocycles. The van der Waals surface area contributed by atoms with E-state index in [1.165, 1.54) is 0 Å². The van der Waals surface area contributed by atoms with Gasteiger partial charge >= 0.3 is 0 Å². The lowest BCUT2D eigenvalue weighted by molar-refractivity contribution is -0.115. The molecule has 1 saturated heterocycles. The molecule has 118 valence electrons. The lowest BCUT2D eigenvalue weighted by Gasteiger charge is -2.13. The maximum atomic E-state index is 14.5. The van der Waals surface area contributed by atoms with Crippen LogP contribution in [-0.2, 0) is 4.79 Å². The lowest BCUT2D eigenvalue weighted by Crippen LogP contribution is -2.18. The monoisotopic (exact) mass is 358 g/mol. The van der Waals surface area contributed by atoms with E-state index in [4.69, 9.17) is 17.5 Å². The van der Waals surface area contributed by atoms with E-state index in [9.17, 15) is 13.6 Å². The highest BCUT2D eigenvalue weighted by molar-refractivity contribution is 8.26. The summed E-state index contributed by atoms with van der Waals surface area (Å²) in [6, 6.07) is 12.0. The van der Waals surface area contributed by atoms with Gasteiger partial charge in [-0.25, -0.2) is 8.78 Å². The van der Waals surface area contributed by atoms with Crippen molar-refractivity contribution in [3.63, 3.8) is 0 Å². The number of benzene rings is 2. The summed E-state index contributed by atoms with van der Waals surface area (Å²) < 4.78 is 29.2. The fourth-order valence-corrected chi connectivity index (χ4v) is 3.49. The summed E-state index contributed by atoms with van der Waals surface area (Å²) in [6.45, 7) is 0. The highest BCUT2D eigenvalue weighted by Crippen LogP contribution is 2.38. The first kappa shape index (κ1) is 16.3. The van der Waals surface area contributed by atoms with E-state index in [1.54, 1.807) is 36.4 Å².